The summed E-state index contributed by atoms with van der Waals surface area (Å²) < 4.78 is 0. The van der Waals surface area contributed by atoms with Crippen molar-refractivity contribution in [2.24, 2.45) is 5.92 Å². The first-order valence-corrected chi connectivity index (χ1v) is 6.30. The van der Waals surface area contributed by atoms with Gasteiger partial charge in [0.2, 0.25) is 11.8 Å². The Balaban J connectivity index is 1.84. The van der Waals surface area contributed by atoms with Crippen molar-refractivity contribution in [3.05, 3.63) is 0 Å². The first kappa shape index (κ1) is 12.4. The number of likely N-dealkylation sites (tertiary alicyclic amines) is 2. The summed E-state index contributed by atoms with van der Waals surface area (Å²) in [6, 6.07) is 0. The van der Waals surface area contributed by atoms with Gasteiger partial charge in [0.1, 0.15) is 0 Å². The molecule has 0 aliphatic carbocycles. The number of aliphatic hydroxyl groups is 1. The summed E-state index contributed by atoms with van der Waals surface area (Å²) in [5, 5.41) is 9.41. The number of β-amino-alcohol motifs (C(OH)–C–C–N with tert-alkyl or cyclic N) is 1. The topological polar surface area (TPSA) is 60.9 Å². The number of hydrogen-bond donors (Lipinski definition) is 1. The molecule has 0 spiro atoms. The fraction of sp³-hybridized carbons (Fsp3) is 0.833. The van der Waals surface area contributed by atoms with Crippen LogP contribution in [0.2, 0.25) is 0 Å². The Morgan fingerprint density at radius 1 is 1.06 bits per heavy atom. The number of hydrogen-bond acceptors (Lipinski definition) is 3. The standard InChI is InChI=1S/C12H20N2O3/c1-9(15)13-5-2-10(3-6-13)12(17)14-7-4-11(16)8-14/h10-11,16H,2-8H2,1H3/t11-/m1/s1. The Morgan fingerprint density at radius 2 is 1.65 bits per heavy atom. The molecule has 0 aromatic rings. The Hall–Kier alpha value is -1.10. The Morgan fingerprint density at radius 3 is 2.12 bits per heavy atom. The lowest BCUT2D eigenvalue weighted by Gasteiger charge is -2.32. The summed E-state index contributed by atoms with van der Waals surface area (Å²) in [4.78, 5) is 26.9. The van der Waals surface area contributed by atoms with Crippen molar-refractivity contribution >= 4 is 11.8 Å². The molecule has 0 unspecified atom stereocenters. The molecule has 0 bridgehead atoms. The highest BCUT2D eigenvalue weighted by Crippen LogP contribution is 2.22. The SMILES string of the molecule is CC(=O)N1CCC(C(=O)N2CC[C@@H](O)C2)CC1. The molecule has 2 fully saturated rings. The normalized spacial score (nSPS) is 26.4. The minimum Gasteiger partial charge on any atom is -0.391 e. The third-order valence-corrected chi connectivity index (χ3v) is 3.76. The van der Waals surface area contributed by atoms with Crippen LogP contribution in [0, 0.1) is 5.92 Å². The van der Waals surface area contributed by atoms with Crippen molar-refractivity contribution in [3.8, 4) is 0 Å². The zero-order valence-corrected chi connectivity index (χ0v) is 10.3. The van der Waals surface area contributed by atoms with Crippen LogP contribution in [0.3, 0.4) is 0 Å². The van der Waals surface area contributed by atoms with Gasteiger partial charge < -0.3 is 14.9 Å². The molecule has 2 saturated heterocycles. The van der Waals surface area contributed by atoms with Gasteiger partial charge in [-0.3, -0.25) is 9.59 Å². The zero-order chi connectivity index (χ0) is 12.4. The molecule has 96 valence electrons. The summed E-state index contributed by atoms with van der Waals surface area (Å²) in [7, 11) is 0. The smallest absolute Gasteiger partial charge is 0.225 e. The number of amides is 2. The van der Waals surface area contributed by atoms with Crippen molar-refractivity contribution in [2.45, 2.75) is 32.3 Å². The van der Waals surface area contributed by atoms with Crippen molar-refractivity contribution in [1.82, 2.24) is 9.80 Å². The van der Waals surface area contributed by atoms with Crippen LogP contribution in [0.5, 0.6) is 0 Å². The van der Waals surface area contributed by atoms with E-state index in [4.69, 9.17) is 0 Å². The van der Waals surface area contributed by atoms with Crippen LogP contribution in [-0.2, 0) is 9.59 Å². The fourth-order valence-electron chi connectivity index (χ4n) is 2.64. The van der Waals surface area contributed by atoms with Gasteiger partial charge in [0.25, 0.3) is 0 Å². The highest BCUT2D eigenvalue weighted by molar-refractivity contribution is 5.80. The fourth-order valence-corrected chi connectivity index (χ4v) is 2.64. The van der Waals surface area contributed by atoms with Crippen molar-refractivity contribution in [2.75, 3.05) is 26.2 Å². The predicted octanol–water partition coefficient (Wildman–Crippen LogP) is -0.162. The molecule has 0 aromatic heterocycles. The lowest BCUT2D eigenvalue weighted by Crippen LogP contribution is -2.43. The second-order valence-corrected chi connectivity index (χ2v) is 5.01. The lowest BCUT2D eigenvalue weighted by molar-refractivity contribution is -0.139. The molecule has 1 atom stereocenters. The molecular formula is C12H20N2O3. The van der Waals surface area contributed by atoms with Crippen LogP contribution >= 0.6 is 0 Å². The van der Waals surface area contributed by atoms with Gasteiger partial charge in [-0.15, -0.1) is 0 Å². The van der Waals surface area contributed by atoms with Crippen LogP contribution in [-0.4, -0.2) is 59.0 Å². The van der Waals surface area contributed by atoms with E-state index in [-0.39, 0.29) is 23.8 Å². The Kier molecular flexibility index (Phi) is 3.66. The van der Waals surface area contributed by atoms with Crippen LogP contribution in [0.15, 0.2) is 0 Å². The average Bonchev–Trinajstić information content (AvgIpc) is 2.75. The van der Waals surface area contributed by atoms with Crippen molar-refractivity contribution in [1.29, 1.82) is 0 Å². The monoisotopic (exact) mass is 240 g/mol. The number of rotatable bonds is 1. The molecule has 1 N–H and O–H groups in total. The largest absolute Gasteiger partial charge is 0.391 e. The molecule has 2 amide bonds. The maximum absolute atomic E-state index is 12.1. The van der Waals surface area contributed by atoms with Gasteiger partial charge in [-0.25, -0.2) is 0 Å². The molecule has 0 aromatic carbocycles. The first-order valence-electron chi connectivity index (χ1n) is 6.30. The molecule has 0 saturated carbocycles. The summed E-state index contributed by atoms with van der Waals surface area (Å²) in [5.74, 6) is 0.285. The predicted molar refractivity (Wildman–Crippen MR) is 62.2 cm³/mol. The number of nitrogens with zero attached hydrogens (tertiary/aromatic N) is 2. The number of carbonyl (C=O) groups is 2. The summed E-state index contributed by atoms with van der Waals surface area (Å²) in [6.45, 7) is 4.09. The first-order chi connectivity index (χ1) is 8.08. The highest BCUT2D eigenvalue weighted by Gasteiger charge is 2.32. The molecule has 5 heteroatoms. The van der Waals surface area contributed by atoms with Crippen LogP contribution in [0.25, 0.3) is 0 Å². The summed E-state index contributed by atoms with van der Waals surface area (Å²) in [6.07, 6.45) is 1.85. The van der Waals surface area contributed by atoms with Crippen LogP contribution < -0.4 is 0 Å². The lowest BCUT2D eigenvalue weighted by atomic mass is 9.95. The van der Waals surface area contributed by atoms with E-state index >= 15 is 0 Å². The van der Waals surface area contributed by atoms with E-state index in [9.17, 15) is 14.7 Å². The maximum Gasteiger partial charge on any atom is 0.225 e. The third kappa shape index (κ3) is 2.77. The maximum atomic E-state index is 12.1. The van der Waals surface area contributed by atoms with Gasteiger partial charge in [-0.05, 0) is 19.3 Å². The minimum atomic E-state index is -0.351. The Bertz CT molecular complexity index is 311. The van der Waals surface area contributed by atoms with Gasteiger partial charge in [0.05, 0.1) is 6.10 Å². The van der Waals surface area contributed by atoms with E-state index in [2.05, 4.69) is 0 Å². The minimum absolute atomic E-state index is 0.0379. The number of carbonyl (C=O) groups excluding carboxylic acids is 2. The number of aliphatic hydroxyl groups excluding tert-OH is 1. The quantitative estimate of drug-likeness (QED) is 0.692. The van der Waals surface area contributed by atoms with E-state index in [1.807, 2.05) is 0 Å². The van der Waals surface area contributed by atoms with Crippen LogP contribution in [0.4, 0.5) is 0 Å². The van der Waals surface area contributed by atoms with Gasteiger partial charge in [0, 0.05) is 39.0 Å². The van der Waals surface area contributed by atoms with Gasteiger partial charge in [0.15, 0.2) is 0 Å². The number of piperidine rings is 1. The second kappa shape index (κ2) is 5.04. The van der Waals surface area contributed by atoms with E-state index < -0.39 is 0 Å². The molecule has 0 radical (unpaired) electrons. The third-order valence-electron chi connectivity index (χ3n) is 3.76. The van der Waals surface area contributed by atoms with Gasteiger partial charge in [-0.1, -0.05) is 0 Å². The van der Waals surface area contributed by atoms with Crippen molar-refractivity contribution in [3.63, 3.8) is 0 Å². The van der Waals surface area contributed by atoms with E-state index in [0.717, 1.165) is 12.8 Å². The van der Waals surface area contributed by atoms with Crippen LogP contribution in [0.1, 0.15) is 26.2 Å². The molecule has 2 heterocycles. The highest BCUT2D eigenvalue weighted by atomic mass is 16.3. The summed E-state index contributed by atoms with van der Waals surface area (Å²) in [5.41, 5.74) is 0. The molecular weight excluding hydrogens is 220 g/mol. The Labute approximate surface area is 101 Å². The van der Waals surface area contributed by atoms with E-state index in [1.54, 1.807) is 16.7 Å². The molecule has 2 rings (SSSR count). The van der Waals surface area contributed by atoms with E-state index in [0.29, 0.717) is 32.6 Å². The second-order valence-electron chi connectivity index (χ2n) is 5.01. The molecule has 2 aliphatic heterocycles. The van der Waals surface area contributed by atoms with Gasteiger partial charge in [-0.2, -0.15) is 0 Å². The molecule has 5 nitrogen and oxygen atoms in total. The molecule has 2 aliphatic rings. The zero-order valence-electron chi connectivity index (χ0n) is 10.3. The molecule has 17 heavy (non-hydrogen) atoms. The van der Waals surface area contributed by atoms with Crippen molar-refractivity contribution < 1.29 is 14.7 Å². The van der Waals surface area contributed by atoms with Gasteiger partial charge >= 0.3 is 0 Å². The van der Waals surface area contributed by atoms with E-state index in [1.165, 1.54) is 0 Å². The summed E-state index contributed by atoms with van der Waals surface area (Å²) >= 11 is 0. The average molecular weight is 240 g/mol.